The zero-order valence-electron chi connectivity index (χ0n) is 20.1. The fourth-order valence-electron chi connectivity index (χ4n) is 4.72. The van der Waals surface area contributed by atoms with Gasteiger partial charge >= 0.3 is 0 Å². The summed E-state index contributed by atoms with van der Waals surface area (Å²) in [5.41, 5.74) is 1.24. The van der Waals surface area contributed by atoms with E-state index in [-0.39, 0.29) is 11.9 Å². The van der Waals surface area contributed by atoms with E-state index in [2.05, 4.69) is 47.6 Å². The normalized spacial score (nSPS) is 20.8. The Morgan fingerprint density at radius 2 is 2.03 bits per heavy atom. The molecule has 2 fully saturated rings. The van der Waals surface area contributed by atoms with Crippen LogP contribution in [0.1, 0.15) is 57.6 Å². The van der Waals surface area contributed by atoms with Crippen LogP contribution in [-0.4, -0.2) is 74.6 Å². The predicted molar refractivity (Wildman–Crippen MR) is 130 cm³/mol. The molecule has 2 unspecified atom stereocenters. The number of carbonyl (C=O) groups is 1. The standard InChI is InChI=1S/C25H41N5O2/c1-4-26-25(27-13-12-24(31)30-16-8-9-20(2)19-30)28-18-23(29-14-5-6-15-29)21-10-7-11-22(17-21)32-3/h7,10-11,17,20,23H,4-6,8-9,12-16,18-19H2,1-3H3,(H2,26,27,28). The minimum atomic E-state index is 0.222. The Labute approximate surface area is 193 Å². The highest BCUT2D eigenvalue weighted by Crippen LogP contribution is 2.28. The van der Waals surface area contributed by atoms with E-state index in [1.54, 1.807) is 7.11 Å². The van der Waals surface area contributed by atoms with Gasteiger partial charge in [0.25, 0.3) is 0 Å². The van der Waals surface area contributed by atoms with Gasteiger partial charge in [-0.3, -0.25) is 14.7 Å². The van der Waals surface area contributed by atoms with Crippen molar-refractivity contribution >= 4 is 11.9 Å². The Bertz CT molecular complexity index is 748. The van der Waals surface area contributed by atoms with Gasteiger partial charge in [-0.25, -0.2) is 0 Å². The minimum absolute atomic E-state index is 0.222. The van der Waals surface area contributed by atoms with Gasteiger partial charge in [-0.05, 0) is 69.3 Å². The number of nitrogens with one attached hydrogen (secondary N) is 2. The summed E-state index contributed by atoms with van der Waals surface area (Å²) in [6.45, 7) is 10.3. The van der Waals surface area contributed by atoms with Crippen LogP contribution in [0.4, 0.5) is 0 Å². The molecular weight excluding hydrogens is 402 g/mol. The van der Waals surface area contributed by atoms with Gasteiger partial charge in [0.15, 0.2) is 5.96 Å². The second-order valence-electron chi connectivity index (χ2n) is 9.02. The highest BCUT2D eigenvalue weighted by atomic mass is 16.5. The summed E-state index contributed by atoms with van der Waals surface area (Å²) in [6, 6.07) is 8.55. The smallest absolute Gasteiger partial charge is 0.224 e. The van der Waals surface area contributed by atoms with Crippen LogP contribution >= 0.6 is 0 Å². The van der Waals surface area contributed by atoms with E-state index in [0.29, 0.717) is 25.4 Å². The SMILES string of the molecule is CCNC(=NCC(c1cccc(OC)c1)N1CCCC1)NCCC(=O)N1CCCC(C)C1. The van der Waals surface area contributed by atoms with Crippen molar-refractivity contribution in [2.24, 2.45) is 10.9 Å². The van der Waals surface area contributed by atoms with Crippen molar-refractivity contribution in [3.63, 3.8) is 0 Å². The molecule has 178 valence electrons. The van der Waals surface area contributed by atoms with Gasteiger partial charge < -0.3 is 20.3 Å². The van der Waals surface area contributed by atoms with Gasteiger partial charge in [-0.15, -0.1) is 0 Å². The first-order valence-corrected chi connectivity index (χ1v) is 12.3. The van der Waals surface area contributed by atoms with Crippen molar-refractivity contribution in [1.82, 2.24) is 20.4 Å². The number of piperidine rings is 1. The predicted octanol–water partition coefficient (Wildman–Crippen LogP) is 3.04. The van der Waals surface area contributed by atoms with Gasteiger partial charge in [0.1, 0.15) is 5.75 Å². The number of ether oxygens (including phenoxy) is 1. The summed E-state index contributed by atoms with van der Waals surface area (Å²) in [4.78, 5) is 22.0. The van der Waals surface area contributed by atoms with E-state index >= 15 is 0 Å². The van der Waals surface area contributed by atoms with Crippen molar-refractivity contribution in [2.75, 3.05) is 52.9 Å². The van der Waals surface area contributed by atoms with E-state index in [1.165, 1.54) is 24.8 Å². The largest absolute Gasteiger partial charge is 0.497 e. The highest BCUT2D eigenvalue weighted by Gasteiger charge is 2.24. The molecule has 0 aliphatic carbocycles. The maximum Gasteiger partial charge on any atom is 0.224 e. The molecule has 3 rings (SSSR count). The van der Waals surface area contributed by atoms with E-state index in [9.17, 15) is 4.79 Å². The molecule has 0 radical (unpaired) electrons. The summed E-state index contributed by atoms with van der Waals surface area (Å²) in [5.74, 6) is 2.51. The summed E-state index contributed by atoms with van der Waals surface area (Å²) >= 11 is 0. The number of amides is 1. The third-order valence-corrected chi connectivity index (χ3v) is 6.47. The van der Waals surface area contributed by atoms with Crippen LogP contribution in [0, 0.1) is 5.92 Å². The number of methoxy groups -OCH3 is 1. The maximum atomic E-state index is 12.6. The second kappa shape index (κ2) is 12.7. The molecule has 32 heavy (non-hydrogen) atoms. The molecule has 7 nitrogen and oxygen atoms in total. The Morgan fingerprint density at radius 3 is 2.75 bits per heavy atom. The number of carbonyl (C=O) groups excluding carboxylic acids is 1. The number of benzene rings is 1. The zero-order chi connectivity index (χ0) is 22.8. The molecule has 1 aromatic carbocycles. The van der Waals surface area contributed by atoms with Crippen molar-refractivity contribution in [2.45, 2.75) is 52.0 Å². The van der Waals surface area contributed by atoms with E-state index in [0.717, 1.165) is 50.9 Å². The van der Waals surface area contributed by atoms with Gasteiger partial charge in [0.05, 0.1) is 19.7 Å². The average molecular weight is 444 g/mol. The molecule has 2 heterocycles. The molecule has 0 aromatic heterocycles. The molecule has 0 spiro atoms. The van der Waals surface area contributed by atoms with E-state index in [1.807, 2.05) is 11.0 Å². The molecule has 2 atom stereocenters. The number of guanidine groups is 1. The summed E-state index contributed by atoms with van der Waals surface area (Å²) in [6.07, 6.45) is 5.32. The zero-order valence-corrected chi connectivity index (χ0v) is 20.1. The van der Waals surface area contributed by atoms with Crippen LogP contribution in [0.25, 0.3) is 0 Å². The Kier molecular flexibility index (Phi) is 9.65. The van der Waals surface area contributed by atoms with Crippen molar-refractivity contribution < 1.29 is 9.53 Å². The van der Waals surface area contributed by atoms with Crippen LogP contribution in [0.2, 0.25) is 0 Å². The number of nitrogens with zero attached hydrogens (tertiary/aromatic N) is 3. The first-order valence-electron chi connectivity index (χ1n) is 12.3. The van der Waals surface area contributed by atoms with Crippen molar-refractivity contribution in [3.05, 3.63) is 29.8 Å². The third-order valence-electron chi connectivity index (χ3n) is 6.47. The molecule has 0 saturated carbocycles. The minimum Gasteiger partial charge on any atom is -0.497 e. The van der Waals surface area contributed by atoms with Gasteiger partial charge in [-0.1, -0.05) is 19.1 Å². The van der Waals surface area contributed by atoms with E-state index in [4.69, 9.17) is 9.73 Å². The molecule has 2 aliphatic rings. The lowest BCUT2D eigenvalue weighted by Crippen LogP contribution is -2.42. The third kappa shape index (κ3) is 7.12. The monoisotopic (exact) mass is 443 g/mol. The number of aliphatic imine (C=N–C) groups is 1. The first-order chi connectivity index (χ1) is 15.6. The van der Waals surface area contributed by atoms with Crippen LogP contribution < -0.4 is 15.4 Å². The summed E-state index contributed by atoms with van der Waals surface area (Å²) < 4.78 is 5.45. The molecule has 2 aliphatic heterocycles. The number of rotatable bonds is 9. The molecular formula is C25H41N5O2. The maximum absolute atomic E-state index is 12.6. The van der Waals surface area contributed by atoms with Gasteiger partial charge in [0.2, 0.25) is 5.91 Å². The Hall–Kier alpha value is -2.28. The second-order valence-corrected chi connectivity index (χ2v) is 9.02. The Morgan fingerprint density at radius 1 is 1.22 bits per heavy atom. The number of hydrogen-bond acceptors (Lipinski definition) is 4. The molecule has 0 bridgehead atoms. The van der Waals surface area contributed by atoms with Crippen LogP contribution in [0.15, 0.2) is 29.3 Å². The molecule has 2 N–H and O–H groups in total. The lowest BCUT2D eigenvalue weighted by Gasteiger charge is -2.31. The van der Waals surface area contributed by atoms with Crippen LogP contribution in [-0.2, 0) is 4.79 Å². The van der Waals surface area contributed by atoms with Crippen LogP contribution in [0.5, 0.6) is 5.75 Å². The highest BCUT2D eigenvalue weighted by molar-refractivity contribution is 5.81. The van der Waals surface area contributed by atoms with Gasteiger partial charge in [0, 0.05) is 32.6 Å². The quantitative estimate of drug-likeness (QED) is 0.454. The Balaban J connectivity index is 1.60. The molecule has 2 saturated heterocycles. The van der Waals surface area contributed by atoms with E-state index < -0.39 is 0 Å². The topological polar surface area (TPSA) is 69.2 Å². The van der Waals surface area contributed by atoms with Crippen molar-refractivity contribution in [1.29, 1.82) is 0 Å². The number of hydrogen-bond donors (Lipinski definition) is 2. The summed E-state index contributed by atoms with van der Waals surface area (Å²) in [7, 11) is 1.71. The number of likely N-dealkylation sites (tertiary alicyclic amines) is 2. The van der Waals surface area contributed by atoms with Gasteiger partial charge in [-0.2, -0.15) is 0 Å². The van der Waals surface area contributed by atoms with Crippen molar-refractivity contribution in [3.8, 4) is 5.75 Å². The average Bonchev–Trinajstić information content (AvgIpc) is 3.34. The lowest BCUT2D eigenvalue weighted by molar-refractivity contribution is -0.132. The lowest BCUT2D eigenvalue weighted by atomic mass is 10.00. The molecule has 1 aromatic rings. The molecule has 7 heteroatoms. The fourth-order valence-corrected chi connectivity index (χ4v) is 4.72. The summed E-state index contributed by atoms with van der Waals surface area (Å²) in [5, 5.41) is 6.70. The fraction of sp³-hybridized carbons (Fsp3) is 0.680. The first kappa shape index (κ1) is 24.4. The molecule has 1 amide bonds. The van der Waals surface area contributed by atoms with Crippen LogP contribution in [0.3, 0.4) is 0 Å².